The smallest absolute Gasteiger partial charge is 0.278 e. The highest BCUT2D eigenvalue weighted by atomic mass is 35.5. The number of benzene rings is 2. The second-order valence-electron chi connectivity index (χ2n) is 5.33. The van der Waals surface area contributed by atoms with Crippen molar-refractivity contribution in [2.75, 3.05) is 0 Å². The van der Waals surface area contributed by atoms with Crippen molar-refractivity contribution in [2.45, 2.75) is 6.92 Å². The molecule has 1 heterocycles. The minimum atomic E-state index is -0.196. The topological polar surface area (TPSA) is 54.9 Å². The molecule has 1 N–H and O–H groups in total. The van der Waals surface area contributed by atoms with Crippen molar-refractivity contribution in [1.29, 1.82) is 0 Å². The first kappa shape index (κ1) is 16.0. The molecule has 0 saturated heterocycles. The summed E-state index contributed by atoms with van der Waals surface area (Å²) in [6.45, 7) is 1.80. The number of aromatic nitrogens is 2. The van der Waals surface area contributed by atoms with E-state index in [0.29, 0.717) is 21.8 Å². The van der Waals surface area contributed by atoms with Crippen molar-refractivity contribution in [3.8, 4) is 5.69 Å². The molecule has 0 bridgehead atoms. The number of H-pyrrole nitrogens is 1. The Kier molecular flexibility index (Phi) is 4.49. The highest BCUT2D eigenvalue weighted by Gasteiger charge is 2.10. The third-order valence-electron chi connectivity index (χ3n) is 3.66. The summed E-state index contributed by atoms with van der Waals surface area (Å²) >= 11 is 5.81. The number of carbonyl (C=O) groups is 1. The van der Waals surface area contributed by atoms with Crippen molar-refractivity contribution >= 4 is 23.5 Å². The number of aromatic amines is 1. The first-order valence-corrected chi connectivity index (χ1v) is 7.79. The van der Waals surface area contributed by atoms with Gasteiger partial charge in [0, 0.05) is 16.3 Å². The molecule has 0 atom stereocenters. The number of para-hydroxylation sites is 1. The van der Waals surface area contributed by atoms with Gasteiger partial charge in [-0.3, -0.25) is 14.7 Å². The number of carbonyl (C=O) groups excluding carboxylic acids is 1. The second-order valence-corrected chi connectivity index (χ2v) is 5.77. The van der Waals surface area contributed by atoms with E-state index in [1.807, 2.05) is 30.3 Å². The van der Waals surface area contributed by atoms with Gasteiger partial charge in [-0.1, -0.05) is 29.8 Å². The van der Waals surface area contributed by atoms with E-state index >= 15 is 0 Å². The maximum atomic E-state index is 12.5. The average Bonchev–Trinajstić information content (AvgIpc) is 2.88. The summed E-state index contributed by atoms with van der Waals surface area (Å²) in [5, 5.41) is 3.60. The number of nitrogens with zero attached hydrogens (tertiary/aromatic N) is 1. The molecule has 120 valence electrons. The molecule has 2 aromatic carbocycles. The first-order chi connectivity index (χ1) is 11.6. The van der Waals surface area contributed by atoms with Crippen LogP contribution >= 0.6 is 11.6 Å². The Labute approximate surface area is 144 Å². The minimum Gasteiger partial charge on any atom is -0.295 e. The molecule has 4 nitrogen and oxygen atoms in total. The monoisotopic (exact) mass is 338 g/mol. The molecule has 0 aliphatic carbocycles. The number of halogens is 1. The molecular formula is C19H15ClN2O2. The van der Waals surface area contributed by atoms with Gasteiger partial charge in [0.2, 0.25) is 0 Å². The molecule has 0 spiro atoms. The number of nitrogens with one attached hydrogen (secondary N) is 1. The molecule has 3 aromatic rings. The van der Waals surface area contributed by atoms with Crippen molar-refractivity contribution in [1.82, 2.24) is 9.78 Å². The lowest BCUT2D eigenvalue weighted by molar-refractivity contribution is 0.104. The number of aryl methyl sites for hydroxylation is 1. The van der Waals surface area contributed by atoms with Crippen molar-refractivity contribution in [3.05, 3.63) is 92.9 Å². The molecule has 3 rings (SSSR count). The maximum absolute atomic E-state index is 12.5. The zero-order valence-electron chi connectivity index (χ0n) is 13.0. The van der Waals surface area contributed by atoms with Crippen LogP contribution in [0, 0.1) is 6.92 Å². The predicted octanol–water partition coefficient (Wildman–Crippen LogP) is 4.02. The summed E-state index contributed by atoms with van der Waals surface area (Å²) < 4.78 is 1.46. The number of hydrogen-bond acceptors (Lipinski definition) is 2. The third-order valence-corrected chi connectivity index (χ3v) is 3.91. The number of allylic oxidation sites excluding steroid dienone is 1. The average molecular weight is 339 g/mol. The van der Waals surface area contributed by atoms with E-state index in [9.17, 15) is 9.59 Å². The summed E-state index contributed by atoms with van der Waals surface area (Å²) in [6, 6.07) is 15.9. The third kappa shape index (κ3) is 3.24. The molecule has 0 unspecified atom stereocenters. The minimum absolute atomic E-state index is 0.182. The summed E-state index contributed by atoms with van der Waals surface area (Å²) in [7, 11) is 0. The van der Waals surface area contributed by atoms with Crippen LogP contribution in [0.5, 0.6) is 0 Å². The molecular weight excluding hydrogens is 324 g/mol. The van der Waals surface area contributed by atoms with E-state index in [2.05, 4.69) is 5.10 Å². The summed E-state index contributed by atoms with van der Waals surface area (Å²) in [5.74, 6) is -0.182. The van der Waals surface area contributed by atoms with Gasteiger partial charge in [-0.2, -0.15) is 0 Å². The lowest BCUT2D eigenvalue weighted by Crippen LogP contribution is -2.15. The van der Waals surface area contributed by atoms with E-state index in [4.69, 9.17) is 11.6 Å². The highest BCUT2D eigenvalue weighted by molar-refractivity contribution is 6.30. The van der Waals surface area contributed by atoms with Gasteiger partial charge in [0.05, 0.1) is 11.3 Å². The van der Waals surface area contributed by atoms with Crippen LogP contribution in [0.2, 0.25) is 5.02 Å². The van der Waals surface area contributed by atoms with Crippen molar-refractivity contribution in [2.24, 2.45) is 0 Å². The van der Waals surface area contributed by atoms with Gasteiger partial charge in [-0.15, -0.1) is 0 Å². The quantitative estimate of drug-likeness (QED) is 0.577. The number of hydrogen-bond donors (Lipinski definition) is 1. The van der Waals surface area contributed by atoms with Crippen LogP contribution in [0.3, 0.4) is 0 Å². The molecule has 0 aliphatic heterocycles. The Bertz CT molecular complexity index is 951. The molecule has 0 saturated carbocycles. The fourth-order valence-electron chi connectivity index (χ4n) is 2.38. The van der Waals surface area contributed by atoms with E-state index in [0.717, 1.165) is 5.69 Å². The molecule has 0 radical (unpaired) electrons. The Morgan fingerprint density at radius 1 is 1.08 bits per heavy atom. The van der Waals surface area contributed by atoms with Crippen LogP contribution < -0.4 is 5.56 Å². The Hall–Kier alpha value is -2.85. The number of ketones is 1. The first-order valence-electron chi connectivity index (χ1n) is 7.41. The van der Waals surface area contributed by atoms with Crippen LogP contribution in [-0.4, -0.2) is 15.6 Å². The number of rotatable bonds is 4. The summed E-state index contributed by atoms with van der Waals surface area (Å²) in [6.07, 6.45) is 2.95. The molecule has 24 heavy (non-hydrogen) atoms. The SMILES string of the molecule is Cc1[nH]n(-c2ccccc2)c(=O)c1/C=C/C(=O)c1ccc(Cl)cc1. The molecule has 0 amide bonds. The lowest BCUT2D eigenvalue weighted by Gasteiger charge is -1.99. The zero-order chi connectivity index (χ0) is 17.1. The molecule has 0 fully saturated rings. The Morgan fingerprint density at radius 3 is 2.42 bits per heavy atom. The molecule has 1 aromatic heterocycles. The molecule has 0 aliphatic rings. The van der Waals surface area contributed by atoms with Crippen LogP contribution in [-0.2, 0) is 0 Å². The molecule has 5 heteroatoms. The van der Waals surface area contributed by atoms with Crippen LogP contribution in [0.25, 0.3) is 11.8 Å². The fourth-order valence-corrected chi connectivity index (χ4v) is 2.51. The normalized spacial score (nSPS) is 11.1. The van der Waals surface area contributed by atoms with Crippen LogP contribution in [0.1, 0.15) is 21.6 Å². The van der Waals surface area contributed by atoms with E-state index in [-0.39, 0.29) is 11.3 Å². The summed E-state index contributed by atoms with van der Waals surface area (Å²) in [4.78, 5) is 24.7. The van der Waals surface area contributed by atoms with Gasteiger partial charge in [0.25, 0.3) is 5.56 Å². The van der Waals surface area contributed by atoms with Gasteiger partial charge in [0.1, 0.15) is 0 Å². The maximum Gasteiger partial charge on any atom is 0.278 e. The zero-order valence-corrected chi connectivity index (χ0v) is 13.7. The predicted molar refractivity (Wildman–Crippen MR) is 95.9 cm³/mol. The van der Waals surface area contributed by atoms with Gasteiger partial charge in [-0.05, 0) is 55.5 Å². The summed E-state index contributed by atoms with van der Waals surface area (Å²) in [5.41, 5.74) is 2.23. The van der Waals surface area contributed by atoms with Crippen molar-refractivity contribution in [3.63, 3.8) is 0 Å². The van der Waals surface area contributed by atoms with Gasteiger partial charge in [-0.25, -0.2) is 4.68 Å². The van der Waals surface area contributed by atoms with Crippen LogP contribution in [0.15, 0.2) is 65.5 Å². The highest BCUT2D eigenvalue weighted by Crippen LogP contribution is 2.12. The van der Waals surface area contributed by atoms with Crippen molar-refractivity contribution < 1.29 is 4.79 Å². The van der Waals surface area contributed by atoms with Gasteiger partial charge in [0.15, 0.2) is 5.78 Å². The Balaban J connectivity index is 1.91. The van der Waals surface area contributed by atoms with E-state index in [1.54, 1.807) is 37.3 Å². The van der Waals surface area contributed by atoms with Gasteiger partial charge < -0.3 is 0 Å². The van der Waals surface area contributed by atoms with E-state index in [1.165, 1.54) is 10.8 Å². The van der Waals surface area contributed by atoms with E-state index < -0.39 is 0 Å². The second kappa shape index (κ2) is 6.72. The fraction of sp³-hybridized carbons (Fsp3) is 0.0526. The van der Waals surface area contributed by atoms with Gasteiger partial charge >= 0.3 is 0 Å². The standard InChI is InChI=1S/C19H15ClN2O2/c1-13-17(11-12-18(23)14-7-9-15(20)10-8-14)19(24)22(21-13)16-5-3-2-4-6-16/h2-12,21H,1H3/b12-11+. The largest absolute Gasteiger partial charge is 0.295 e. The lowest BCUT2D eigenvalue weighted by atomic mass is 10.1. The Morgan fingerprint density at radius 2 is 1.75 bits per heavy atom. The van der Waals surface area contributed by atoms with Crippen LogP contribution in [0.4, 0.5) is 0 Å².